The molecule has 1 aliphatic rings. The summed E-state index contributed by atoms with van der Waals surface area (Å²) in [6, 6.07) is 1.66. The van der Waals surface area contributed by atoms with E-state index in [4.69, 9.17) is 0 Å². The molecule has 2 aromatic heterocycles. The Balaban J connectivity index is 2.35. The lowest BCUT2D eigenvalue weighted by Crippen LogP contribution is -2.25. The van der Waals surface area contributed by atoms with Crippen molar-refractivity contribution in [2.24, 2.45) is 5.92 Å². The molecule has 1 atom stereocenters. The van der Waals surface area contributed by atoms with Gasteiger partial charge in [-0.2, -0.15) is 0 Å². The molecule has 0 spiro atoms. The van der Waals surface area contributed by atoms with Crippen molar-refractivity contribution >= 4 is 27.4 Å². The molecule has 0 aliphatic heterocycles. The van der Waals surface area contributed by atoms with Crippen LogP contribution in [0.5, 0.6) is 0 Å². The first-order chi connectivity index (χ1) is 9.52. The molecule has 1 unspecified atom stereocenters. The normalized spacial score (nSPS) is 18.2. The van der Waals surface area contributed by atoms with Crippen LogP contribution in [0.3, 0.4) is 0 Å². The third-order valence-corrected chi connectivity index (χ3v) is 5.29. The van der Waals surface area contributed by atoms with E-state index in [-0.39, 0.29) is 11.3 Å². The lowest BCUT2D eigenvalue weighted by Gasteiger charge is -2.17. The molecule has 20 heavy (non-hydrogen) atoms. The van der Waals surface area contributed by atoms with Crippen LogP contribution in [0.25, 0.3) is 10.1 Å². The summed E-state index contributed by atoms with van der Waals surface area (Å²) in [6.07, 6.45) is 3.04. The quantitative estimate of drug-likeness (QED) is 0.925. The monoisotopic (exact) mass is 291 g/mol. The Kier molecular flexibility index (Phi) is 3.17. The van der Waals surface area contributed by atoms with Gasteiger partial charge in [-0.25, -0.2) is 4.79 Å². The van der Waals surface area contributed by atoms with E-state index >= 15 is 0 Å². The third kappa shape index (κ3) is 1.88. The van der Waals surface area contributed by atoms with Crippen LogP contribution in [0.2, 0.25) is 0 Å². The summed E-state index contributed by atoms with van der Waals surface area (Å²) < 4.78 is 2.20. The fourth-order valence-corrected chi connectivity index (χ4v) is 4.49. The summed E-state index contributed by atoms with van der Waals surface area (Å²) in [6.45, 7) is 4.42. The smallest absolute Gasteiger partial charge is 0.352 e. The number of fused-ring (bicyclic) bond motifs is 3. The zero-order chi connectivity index (χ0) is 14.4. The lowest BCUT2D eigenvalue weighted by atomic mass is 9.89. The molecular weight excluding hydrogens is 274 g/mol. The van der Waals surface area contributed by atoms with E-state index in [1.165, 1.54) is 9.44 Å². The number of hydrogen-bond acceptors (Lipinski definition) is 3. The van der Waals surface area contributed by atoms with E-state index in [1.807, 2.05) is 0 Å². The van der Waals surface area contributed by atoms with Gasteiger partial charge in [0.05, 0.1) is 5.39 Å². The third-order valence-electron chi connectivity index (χ3n) is 4.09. The standard InChI is InChI=1S/C15H17NO3S/c1-3-16-10(15(18)19)7-12-13(14(16)17)9-5-4-8(2)6-11(9)20-12/h7-8H,3-6H2,1-2H3,(H,18,19). The maximum atomic E-state index is 12.6. The molecule has 2 heterocycles. The Hall–Kier alpha value is -1.62. The van der Waals surface area contributed by atoms with Gasteiger partial charge in [-0.3, -0.25) is 4.79 Å². The molecule has 0 radical (unpaired) electrons. The van der Waals surface area contributed by atoms with E-state index in [9.17, 15) is 14.7 Å². The molecular formula is C15H17NO3S. The minimum absolute atomic E-state index is 0.0941. The molecule has 3 rings (SSSR count). The molecule has 4 nitrogen and oxygen atoms in total. The molecule has 0 amide bonds. The number of pyridine rings is 1. The van der Waals surface area contributed by atoms with E-state index in [1.54, 1.807) is 24.3 Å². The second-order valence-corrected chi connectivity index (χ2v) is 6.61. The highest BCUT2D eigenvalue weighted by Crippen LogP contribution is 2.36. The molecule has 106 valence electrons. The maximum absolute atomic E-state index is 12.6. The number of aryl methyl sites for hydroxylation is 1. The number of aromatic carboxylic acids is 1. The van der Waals surface area contributed by atoms with Crippen molar-refractivity contribution in [2.75, 3.05) is 0 Å². The van der Waals surface area contributed by atoms with E-state index in [0.29, 0.717) is 12.5 Å². The molecule has 0 fully saturated rings. The number of hydrogen-bond donors (Lipinski definition) is 1. The van der Waals surface area contributed by atoms with Gasteiger partial charge in [-0.1, -0.05) is 6.92 Å². The summed E-state index contributed by atoms with van der Waals surface area (Å²) in [5, 5.41) is 10.0. The first-order valence-corrected chi connectivity index (χ1v) is 7.76. The minimum atomic E-state index is -1.04. The van der Waals surface area contributed by atoms with E-state index in [2.05, 4.69) is 6.92 Å². The number of nitrogens with zero attached hydrogens (tertiary/aromatic N) is 1. The van der Waals surface area contributed by atoms with Gasteiger partial charge >= 0.3 is 5.97 Å². The zero-order valence-electron chi connectivity index (χ0n) is 11.6. The van der Waals surface area contributed by atoms with Crippen molar-refractivity contribution in [3.63, 3.8) is 0 Å². The first kappa shape index (κ1) is 13.4. The van der Waals surface area contributed by atoms with Crippen LogP contribution in [0.15, 0.2) is 10.9 Å². The Morgan fingerprint density at radius 3 is 2.95 bits per heavy atom. The van der Waals surface area contributed by atoms with Gasteiger partial charge in [-0.15, -0.1) is 11.3 Å². The van der Waals surface area contributed by atoms with Gasteiger partial charge in [0.1, 0.15) is 5.69 Å². The molecule has 0 saturated heterocycles. The molecule has 0 bridgehead atoms. The highest BCUT2D eigenvalue weighted by molar-refractivity contribution is 7.19. The van der Waals surface area contributed by atoms with E-state index < -0.39 is 5.97 Å². The number of rotatable bonds is 2. The van der Waals surface area contributed by atoms with Gasteiger partial charge in [0, 0.05) is 16.1 Å². The fourth-order valence-electron chi connectivity index (χ4n) is 3.05. The zero-order valence-corrected chi connectivity index (χ0v) is 12.4. The number of carboxylic acid groups (broad SMARTS) is 1. The SMILES string of the molecule is CCn1c(C(=O)O)cc2sc3c(c2c1=O)CCC(C)C3. The van der Waals surface area contributed by atoms with Crippen LogP contribution in [-0.4, -0.2) is 15.6 Å². The summed E-state index contributed by atoms with van der Waals surface area (Å²) in [7, 11) is 0. The van der Waals surface area contributed by atoms with Crippen molar-refractivity contribution in [3.8, 4) is 0 Å². The predicted molar refractivity (Wildman–Crippen MR) is 79.9 cm³/mol. The number of carbonyl (C=O) groups is 1. The van der Waals surface area contributed by atoms with Gasteiger partial charge in [0.15, 0.2) is 0 Å². The van der Waals surface area contributed by atoms with Crippen LogP contribution in [-0.2, 0) is 19.4 Å². The first-order valence-electron chi connectivity index (χ1n) is 6.94. The Bertz CT molecular complexity index is 757. The van der Waals surface area contributed by atoms with Crippen molar-refractivity contribution in [3.05, 3.63) is 32.6 Å². The maximum Gasteiger partial charge on any atom is 0.352 e. The summed E-state index contributed by atoms with van der Waals surface area (Å²) in [5.74, 6) is -0.395. The van der Waals surface area contributed by atoms with Gasteiger partial charge in [-0.05, 0) is 43.7 Å². The Morgan fingerprint density at radius 1 is 1.55 bits per heavy atom. The van der Waals surface area contributed by atoms with Crippen LogP contribution in [0.4, 0.5) is 0 Å². The molecule has 5 heteroatoms. The predicted octanol–water partition coefficient (Wildman–Crippen LogP) is 2.91. The van der Waals surface area contributed by atoms with Gasteiger partial charge in [0.25, 0.3) is 5.56 Å². The summed E-state index contributed by atoms with van der Waals surface area (Å²) in [4.78, 5) is 25.2. The van der Waals surface area contributed by atoms with Crippen LogP contribution in [0.1, 0.15) is 41.2 Å². The molecule has 1 N–H and O–H groups in total. The second-order valence-electron chi connectivity index (χ2n) is 5.48. The lowest BCUT2D eigenvalue weighted by molar-refractivity contribution is 0.0684. The second kappa shape index (κ2) is 4.74. The Labute approximate surface area is 120 Å². The molecule has 1 aliphatic carbocycles. The van der Waals surface area contributed by atoms with Crippen LogP contribution >= 0.6 is 11.3 Å². The molecule has 2 aromatic rings. The van der Waals surface area contributed by atoms with Gasteiger partial charge < -0.3 is 9.67 Å². The fraction of sp³-hybridized carbons (Fsp3) is 0.467. The Morgan fingerprint density at radius 2 is 2.30 bits per heavy atom. The highest BCUT2D eigenvalue weighted by atomic mass is 32.1. The summed E-state index contributed by atoms with van der Waals surface area (Å²) in [5.41, 5.74) is 1.11. The molecule has 0 aromatic carbocycles. The van der Waals surface area contributed by atoms with Crippen molar-refractivity contribution in [2.45, 2.75) is 39.7 Å². The summed E-state index contributed by atoms with van der Waals surface area (Å²) >= 11 is 1.59. The highest BCUT2D eigenvalue weighted by Gasteiger charge is 2.24. The molecule has 0 saturated carbocycles. The minimum Gasteiger partial charge on any atom is -0.477 e. The van der Waals surface area contributed by atoms with Gasteiger partial charge in [0.2, 0.25) is 0 Å². The van der Waals surface area contributed by atoms with Crippen molar-refractivity contribution < 1.29 is 9.90 Å². The average molecular weight is 291 g/mol. The topological polar surface area (TPSA) is 59.3 Å². The number of aromatic nitrogens is 1. The average Bonchev–Trinajstić information content (AvgIpc) is 2.75. The largest absolute Gasteiger partial charge is 0.477 e. The number of carboxylic acids is 1. The van der Waals surface area contributed by atoms with Crippen LogP contribution < -0.4 is 5.56 Å². The number of thiophene rings is 1. The van der Waals surface area contributed by atoms with Crippen LogP contribution in [0, 0.1) is 5.92 Å². The van der Waals surface area contributed by atoms with E-state index in [0.717, 1.165) is 34.9 Å². The van der Waals surface area contributed by atoms with Crippen molar-refractivity contribution in [1.29, 1.82) is 0 Å². The van der Waals surface area contributed by atoms with Crippen molar-refractivity contribution in [1.82, 2.24) is 4.57 Å².